The molecule has 9 heteroatoms. The number of carboxylic acid groups (broad SMARTS) is 1. The summed E-state index contributed by atoms with van der Waals surface area (Å²) >= 11 is 0. The minimum atomic E-state index is -4.21. The third kappa shape index (κ3) is 2.67. The van der Waals surface area contributed by atoms with Crippen LogP contribution >= 0.6 is 10.7 Å². The second kappa shape index (κ2) is 4.06. The van der Waals surface area contributed by atoms with E-state index in [0.29, 0.717) is 6.07 Å². The molecule has 0 saturated carbocycles. The van der Waals surface area contributed by atoms with Gasteiger partial charge in [-0.1, -0.05) is 0 Å². The Kier molecular flexibility index (Phi) is 3.15. The first-order chi connectivity index (χ1) is 7.21. The molecule has 7 nitrogen and oxygen atoms in total. The topological polar surface area (TPSA) is 115 Å². The Balaban J connectivity index is 3.54. The van der Waals surface area contributed by atoms with Crippen molar-refractivity contribution in [2.24, 2.45) is 0 Å². The van der Waals surface area contributed by atoms with Gasteiger partial charge in [0.15, 0.2) is 0 Å². The fourth-order valence-corrected chi connectivity index (χ4v) is 1.75. The second-order valence-corrected chi connectivity index (χ2v) is 5.28. The number of hydrogen-bond donors (Lipinski definition) is 1. The smallest absolute Gasteiger partial charge is 0.335 e. The van der Waals surface area contributed by atoms with Crippen molar-refractivity contribution in [3.8, 4) is 0 Å². The average molecular weight is 266 g/mol. The summed E-state index contributed by atoms with van der Waals surface area (Å²) in [6, 6.07) is 2.18. The Morgan fingerprint density at radius 2 is 1.94 bits per heavy atom. The van der Waals surface area contributed by atoms with Gasteiger partial charge in [0.25, 0.3) is 14.7 Å². The molecule has 0 unspecified atom stereocenters. The predicted octanol–water partition coefficient (Wildman–Crippen LogP) is 1.22. The Labute approximate surface area is 93.8 Å². The predicted molar refractivity (Wildman–Crippen MR) is 53.1 cm³/mol. The van der Waals surface area contributed by atoms with Crippen molar-refractivity contribution in [2.45, 2.75) is 4.90 Å². The SMILES string of the molecule is O=C(O)c1cc([N+](=O)[O-])cc(S(=O)(=O)Cl)c1. The van der Waals surface area contributed by atoms with Crippen molar-refractivity contribution >= 4 is 31.4 Å². The van der Waals surface area contributed by atoms with Gasteiger partial charge in [-0.2, -0.15) is 0 Å². The van der Waals surface area contributed by atoms with Crippen LogP contribution in [0.3, 0.4) is 0 Å². The molecule has 1 aromatic rings. The van der Waals surface area contributed by atoms with E-state index in [0.717, 1.165) is 12.1 Å². The van der Waals surface area contributed by atoms with Crippen LogP contribution in [0.25, 0.3) is 0 Å². The first-order valence-electron chi connectivity index (χ1n) is 3.69. The van der Waals surface area contributed by atoms with Crippen molar-refractivity contribution in [1.29, 1.82) is 0 Å². The highest BCUT2D eigenvalue weighted by molar-refractivity contribution is 8.13. The zero-order valence-corrected chi connectivity index (χ0v) is 9.03. The van der Waals surface area contributed by atoms with E-state index in [-0.39, 0.29) is 0 Å². The van der Waals surface area contributed by atoms with Gasteiger partial charge in [-0.3, -0.25) is 10.1 Å². The van der Waals surface area contributed by atoms with E-state index in [1.165, 1.54) is 0 Å². The van der Waals surface area contributed by atoms with Crippen LogP contribution < -0.4 is 0 Å². The van der Waals surface area contributed by atoms with Crippen LogP contribution in [0.4, 0.5) is 5.69 Å². The molecule has 0 aromatic heterocycles. The van der Waals surface area contributed by atoms with Crippen LogP contribution in [0.2, 0.25) is 0 Å². The number of halogens is 1. The van der Waals surface area contributed by atoms with E-state index in [4.69, 9.17) is 15.8 Å². The summed E-state index contributed by atoms with van der Waals surface area (Å²) < 4.78 is 21.9. The first-order valence-corrected chi connectivity index (χ1v) is 6.00. The van der Waals surface area contributed by atoms with E-state index in [1.807, 2.05) is 0 Å². The van der Waals surface area contributed by atoms with Crippen molar-refractivity contribution < 1.29 is 23.2 Å². The molecule has 86 valence electrons. The molecule has 16 heavy (non-hydrogen) atoms. The van der Waals surface area contributed by atoms with Crippen molar-refractivity contribution in [3.63, 3.8) is 0 Å². The Hall–Kier alpha value is -1.67. The molecule has 1 rings (SSSR count). The molecule has 1 N–H and O–H groups in total. The lowest BCUT2D eigenvalue weighted by atomic mass is 10.2. The van der Waals surface area contributed by atoms with E-state index in [9.17, 15) is 23.3 Å². The summed E-state index contributed by atoms with van der Waals surface area (Å²) in [4.78, 5) is 19.5. The highest BCUT2D eigenvalue weighted by atomic mass is 35.7. The monoisotopic (exact) mass is 265 g/mol. The van der Waals surface area contributed by atoms with Gasteiger partial charge in [0.2, 0.25) is 0 Å². The van der Waals surface area contributed by atoms with Gasteiger partial charge < -0.3 is 5.11 Å². The maximum Gasteiger partial charge on any atom is 0.335 e. The van der Waals surface area contributed by atoms with Crippen LogP contribution in [-0.2, 0) is 9.05 Å². The van der Waals surface area contributed by atoms with Crippen LogP contribution in [-0.4, -0.2) is 24.4 Å². The minimum Gasteiger partial charge on any atom is -0.478 e. The first kappa shape index (κ1) is 12.4. The number of nitro benzene ring substituents is 1. The molecule has 0 atom stereocenters. The summed E-state index contributed by atoms with van der Waals surface area (Å²) in [5.41, 5.74) is -1.17. The molecular weight excluding hydrogens is 262 g/mol. The third-order valence-electron chi connectivity index (χ3n) is 1.63. The van der Waals surface area contributed by atoms with Crippen LogP contribution in [0.1, 0.15) is 10.4 Å². The lowest BCUT2D eigenvalue weighted by Gasteiger charge is -1.99. The molecule has 1 aromatic carbocycles. The van der Waals surface area contributed by atoms with Crippen LogP contribution in [0.5, 0.6) is 0 Å². The maximum atomic E-state index is 10.9. The zero-order valence-electron chi connectivity index (χ0n) is 7.45. The van der Waals surface area contributed by atoms with Gasteiger partial charge in [-0.05, 0) is 6.07 Å². The zero-order chi connectivity index (χ0) is 12.5. The van der Waals surface area contributed by atoms with Gasteiger partial charge in [-0.25, -0.2) is 13.2 Å². The van der Waals surface area contributed by atoms with Crippen LogP contribution in [0.15, 0.2) is 23.1 Å². The fraction of sp³-hybridized carbons (Fsp3) is 0. The number of nitrogens with zero attached hydrogens (tertiary/aromatic N) is 1. The second-order valence-electron chi connectivity index (χ2n) is 2.72. The number of non-ortho nitro benzene ring substituents is 1. The van der Waals surface area contributed by atoms with E-state index in [1.54, 1.807) is 0 Å². The number of rotatable bonds is 3. The highest BCUT2D eigenvalue weighted by Crippen LogP contribution is 2.23. The van der Waals surface area contributed by atoms with Gasteiger partial charge >= 0.3 is 5.97 Å². The van der Waals surface area contributed by atoms with Gasteiger partial charge in [0.05, 0.1) is 15.4 Å². The van der Waals surface area contributed by atoms with Gasteiger partial charge in [0, 0.05) is 22.8 Å². The number of carboxylic acids is 1. The van der Waals surface area contributed by atoms with E-state index < -0.39 is 36.1 Å². The van der Waals surface area contributed by atoms with Crippen molar-refractivity contribution in [1.82, 2.24) is 0 Å². The normalized spacial score (nSPS) is 11.1. The highest BCUT2D eigenvalue weighted by Gasteiger charge is 2.19. The van der Waals surface area contributed by atoms with E-state index >= 15 is 0 Å². The number of benzene rings is 1. The lowest BCUT2D eigenvalue weighted by Crippen LogP contribution is -2.02. The number of nitro groups is 1. The Bertz CT molecular complexity index is 534. The molecular formula is C7H4ClNO6S. The molecule has 0 amide bonds. The molecule has 0 bridgehead atoms. The van der Waals surface area contributed by atoms with E-state index in [2.05, 4.69) is 0 Å². The van der Waals surface area contributed by atoms with Gasteiger partial charge in [-0.15, -0.1) is 0 Å². The van der Waals surface area contributed by atoms with Crippen molar-refractivity contribution in [2.75, 3.05) is 0 Å². The summed E-state index contributed by atoms with van der Waals surface area (Å²) in [5, 5.41) is 19.1. The Morgan fingerprint density at radius 3 is 2.31 bits per heavy atom. The summed E-state index contributed by atoms with van der Waals surface area (Å²) in [7, 11) is 0.758. The largest absolute Gasteiger partial charge is 0.478 e. The molecule has 0 aliphatic carbocycles. The fourth-order valence-electron chi connectivity index (χ4n) is 0.953. The Morgan fingerprint density at radius 1 is 1.38 bits per heavy atom. The summed E-state index contributed by atoms with van der Waals surface area (Å²) in [5.74, 6) is -1.48. The molecule has 0 fully saturated rings. The average Bonchev–Trinajstić information content (AvgIpc) is 2.15. The standard InChI is InChI=1S/C7H4ClNO6S/c8-16(14,15)6-2-4(7(10)11)1-5(3-6)9(12)13/h1-3H,(H,10,11). The molecule has 0 saturated heterocycles. The number of hydrogen-bond acceptors (Lipinski definition) is 5. The molecule has 0 spiro atoms. The van der Waals surface area contributed by atoms with Crippen LogP contribution in [0, 0.1) is 10.1 Å². The van der Waals surface area contributed by atoms with Gasteiger partial charge in [0.1, 0.15) is 0 Å². The number of carbonyl (C=O) groups is 1. The molecule has 0 radical (unpaired) electrons. The molecule has 0 aliphatic heterocycles. The molecule has 0 aliphatic rings. The quantitative estimate of drug-likeness (QED) is 0.499. The number of aromatic carboxylic acids is 1. The maximum absolute atomic E-state index is 10.9. The summed E-state index contributed by atoms with van der Waals surface area (Å²) in [6.45, 7) is 0. The minimum absolute atomic E-state index is 0.520. The van der Waals surface area contributed by atoms with Crippen molar-refractivity contribution in [3.05, 3.63) is 33.9 Å². The molecule has 0 heterocycles. The third-order valence-corrected chi connectivity index (χ3v) is 2.96. The summed E-state index contributed by atoms with van der Waals surface area (Å²) in [6.07, 6.45) is 0. The lowest BCUT2D eigenvalue weighted by molar-refractivity contribution is -0.385.